The van der Waals surface area contributed by atoms with Gasteiger partial charge >= 0.3 is 0 Å². The van der Waals surface area contributed by atoms with Crippen molar-refractivity contribution in [1.82, 2.24) is 9.97 Å². The number of rotatable bonds is 4. The zero-order chi connectivity index (χ0) is 21.3. The summed E-state index contributed by atoms with van der Waals surface area (Å²) in [6.45, 7) is 0. The standard InChI is InChI=1S/C28H22N4/c1-2-10-22-21(9-1)25-23-11-3-4-12-24(23)26(22)28(32-18-20-8-6-14-30-16-20)27(25)31-17-19-7-5-13-29-15-19/h1-18,25-28H/t25?,26?,27-,28-/m1/s1. The van der Waals surface area contributed by atoms with Crippen molar-refractivity contribution in [3.8, 4) is 0 Å². The van der Waals surface area contributed by atoms with Crippen molar-refractivity contribution in [1.29, 1.82) is 0 Å². The Hall–Kier alpha value is -3.92. The summed E-state index contributed by atoms with van der Waals surface area (Å²) >= 11 is 0. The van der Waals surface area contributed by atoms with Crippen LogP contribution in [0.1, 0.15) is 45.2 Å². The first-order valence-corrected chi connectivity index (χ1v) is 10.9. The Kier molecular flexibility index (Phi) is 4.69. The van der Waals surface area contributed by atoms with Crippen molar-refractivity contribution in [2.24, 2.45) is 9.98 Å². The molecular formula is C28H22N4. The zero-order valence-electron chi connectivity index (χ0n) is 17.5. The minimum atomic E-state index is 0.0120. The molecule has 2 bridgehead atoms. The summed E-state index contributed by atoms with van der Waals surface area (Å²) in [7, 11) is 0. The SMILES string of the molecule is C(=N[C@@H]1C2c3ccccc3C(c3ccccc32)[C@H]1N=Cc1cccnc1)c1cccnc1. The van der Waals surface area contributed by atoms with Crippen molar-refractivity contribution in [3.63, 3.8) is 0 Å². The lowest BCUT2D eigenvalue weighted by Crippen LogP contribution is -2.45. The molecule has 0 saturated carbocycles. The van der Waals surface area contributed by atoms with E-state index in [-0.39, 0.29) is 23.9 Å². The monoisotopic (exact) mass is 414 g/mol. The van der Waals surface area contributed by atoms with E-state index in [1.54, 1.807) is 12.4 Å². The lowest BCUT2D eigenvalue weighted by molar-refractivity contribution is 0.391. The number of benzene rings is 2. The van der Waals surface area contributed by atoms with E-state index in [4.69, 9.17) is 9.98 Å². The molecule has 0 fully saturated rings. The second-order valence-electron chi connectivity index (χ2n) is 8.32. The molecular weight excluding hydrogens is 392 g/mol. The Morgan fingerprint density at radius 2 is 0.938 bits per heavy atom. The number of fused-ring (bicyclic) bond motifs is 1. The number of hydrogen-bond acceptors (Lipinski definition) is 4. The molecule has 0 N–H and O–H groups in total. The van der Waals surface area contributed by atoms with E-state index in [0.717, 1.165) is 11.1 Å². The van der Waals surface area contributed by atoms with Crippen molar-refractivity contribution in [3.05, 3.63) is 131 Å². The summed E-state index contributed by atoms with van der Waals surface area (Å²) in [5, 5.41) is 0. The number of aliphatic imine (C=N–C) groups is 2. The van der Waals surface area contributed by atoms with Crippen LogP contribution in [0.15, 0.2) is 108 Å². The van der Waals surface area contributed by atoms with Crippen LogP contribution in [0.25, 0.3) is 0 Å². The Morgan fingerprint density at radius 1 is 0.531 bits per heavy atom. The number of hydrogen-bond donors (Lipinski definition) is 0. The lowest BCUT2D eigenvalue weighted by Gasteiger charge is -2.47. The summed E-state index contributed by atoms with van der Waals surface area (Å²) in [6, 6.07) is 25.6. The summed E-state index contributed by atoms with van der Waals surface area (Å²) < 4.78 is 0. The van der Waals surface area contributed by atoms with E-state index in [2.05, 4.69) is 58.5 Å². The molecule has 2 atom stereocenters. The van der Waals surface area contributed by atoms with E-state index in [1.165, 1.54) is 22.3 Å². The van der Waals surface area contributed by atoms with Crippen molar-refractivity contribution < 1.29 is 0 Å². The van der Waals surface area contributed by atoms with Gasteiger partial charge < -0.3 is 0 Å². The average molecular weight is 415 g/mol. The van der Waals surface area contributed by atoms with Crippen LogP contribution in [0.4, 0.5) is 0 Å². The quantitative estimate of drug-likeness (QED) is 0.439. The minimum absolute atomic E-state index is 0.0120. The van der Waals surface area contributed by atoms with Gasteiger partial charge in [-0.3, -0.25) is 20.0 Å². The molecule has 154 valence electrons. The Balaban J connectivity index is 1.50. The van der Waals surface area contributed by atoms with Gasteiger partial charge in [0.2, 0.25) is 0 Å². The van der Waals surface area contributed by atoms with Crippen LogP contribution in [-0.4, -0.2) is 34.5 Å². The second-order valence-corrected chi connectivity index (χ2v) is 8.32. The normalized spacial score (nSPS) is 23.4. The summed E-state index contributed by atoms with van der Waals surface area (Å²) in [5.74, 6) is 0.354. The van der Waals surface area contributed by atoms with Gasteiger partial charge in [-0.1, -0.05) is 60.7 Å². The van der Waals surface area contributed by atoms with Gasteiger partial charge in [-0.15, -0.1) is 0 Å². The topological polar surface area (TPSA) is 50.5 Å². The van der Waals surface area contributed by atoms with Crippen LogP contribution < -0.4 is 0 Å². The molecule has 0 unspecified atom stereocenters. The summed E-state index contributed by atoms with van der Waals surface area (Å²) in [5.41, 5.74) is 7.50. The predicted molar refractivity (Wildman–Crippen MR) is 128 cm³/mol. The average Bonchev–Trinajstić information content (AvgIpc) is 2.87. The van der Waals surface area contributed by atoms with Gasteiger partial charge in [0.05, 0.1) is 12.1 Å². The van der Waals surface area contributed by atoms with E-state index >= 15 is 0 Å². The molecule has 3 aliphatic carbocycles. The second kappa shape index (κ2) is 7.97. The van der Waals surface area contributed by atoms with Gasteiger partial charge in [0, 0.05) is 60.2 Å². The molecule has 2 aromatic carbocycles. The predicted octanol–water partition coefficient (Wildman–Crippen LogP) is 5.04. The van der Waals surface area contributed by atoms with Crippen molar-refractivity contribution >= 4 is 12.4 Å². The van der Waals surface area contributed by atoms with Crippen LogP contribution in [0, 0.1) is 0 Å². The van der Waals surface area contributed by atoms with Gasteiger partial charge in [0.1, 0.15) is 0 Å². The van der Waals surface area contributed by atoms with Crippen LogP contribution in [0.3, 0.4) is 0 Å². The van der Waals surface area contributed by atoms with Crippen LogP contribution in [-0.2, 0) is 0 Å². The van der Waals surface area contributed by atoms with Gasteiger partial charge in [-0.2, -0.15) is 0 Å². The highest BCUT2D eigenvalue weighted by Gasteiger charge is 2.49. The molecule has 3 aliphatic rings. The first kappa shape index (κ1) is 18.8. The highest BCUT2D eigenvalue weighted by Crippen LogP contribution is 2.54. The third kappa shape index (κ3) is 3.16. The van der Waals surface area contributed by atoms with Crippen LogP contribution >= 0.6 is 0 Å². The summed E-state index contributed by atoms with van der Waals surface area (Å²) in [6.07, 6.45) is 11.2. The molecule has 0 aliphatic heterocycles. The molecule has 2 aromatic heterocycles. The number of aromatic nitrogens is 2. The van der Waals surface area contributed by atoms with E-state index in [9.17, 15) is 0 Å². The smallest absolute Gasteiger partial charge is 0.0841 e. The highest BCUT2D eigenvalue weighted by molar-refractivity contribution is 5.81. The molecule has 0 spiro atoms. The maximum absolute atomic E-state index is 5.13. The van der Waals surface area contributed by atoms with E-state index in [0.29, 0.717) is 0 Å². The molecule has 0 radical (unpaired) electrons. The maximum Gasteiger partial charge on any atom is 0.0841 e. The minimum Gasteiger partial charge on any atom is -0.286 e. The fourth-order valence-corrected chi connectivity index (χ4v) is 5.22. The lowest BCUT2D eigenvalue weighted by atomic mass is 9.59. The fourth-order valence-electron chi connectivity index (χ4n) is 5.22. The molecule has 7 rings (SSSR count). The molecule has 4 heteroatoms. The van der Waals surface area contributed by atoms with Crippen LogP contribution in [0.5, 0.6) is 0 Å². The third-order valence-corrected chi connectivity index (χ3v) is 6.53. The molecule has 0 saturated heterocycles. The van der Waals surface area contributed by atoms with Gasteiger partial charge in [0.25, 0.3) is 0 Å². The Morgan fingerprint density at radius 3 is 1.28 bits per heavy atom. The number of pyridine rings is 2. The van der Waals surface area contributed by atoms with Crippen molar-refractivity contribution in [2.45, 2.75) is 23.9 Å². The molecule has 0 amide bonds. The fraction of sp³-hybridized carbons (Fsp3) is 0.143. The van der Waals surface area contributed by atoms with E-state index < -0.39 is 0 Å². The Labute approximate surface area is 187 Å². The van der Waals surface area contributed by atoms with Crippen molar-refractivity contribution in [2.75, 3.05) is 0 Å². The van der Waals surface area contributed by atoms with Gasteiger partial charge in [-0.25, -0.2) is 0 Å². The molecule has 4 nitrogen and oxygen atoms in total. The largest absolute Gasteiger partial charge is 0.286 e. The molecule has 2 heterocycles. The molecule has 4 aromatic rings. The van der Waals surface area contributed by atoms with Crippen LogP contribution in [0.2, 0.25) is 0 Å². The third-order valence-electron chi connectivity index (χ3n) is 6.53. The first-order chi connectivity index (χ1) is 15.9. The van der Waals surface area contributed by atoms with Gasteiger partial charge in [0.15, 0.2) is 0 Å². The zero-order valence-corrected chi connectivity index (χ0v) is 17.5. The maximum atomic E-state index is 5.13. The molecule has 32 heavy (non-hydrogen) atoms. The highest BCUT2D eigenvalue weighted by atomic mass is 14.9. The van der Waals surface area contributed by atoms with E-state index in [1.807, 2.05) is 49.1 Å². The summed E-state index contributed by atoms with van der Waals surface area (Å²) in [4.78, 5) is 18.7. The first-order valence-electron chi connectivity index (χ1n) is 10.9. The van der Waals surface area contributed by atoms with Gasteiger partial charge in [-0.05, 0) is 34.4 Å². The Bertz CT molecular complexity index is 1150. The number of nitrogens with zero attached hydrogens (tertiary/aromatic N) is 4.